The molecule has 0 spiro atoms. The largest absolute Gasteiger partial charge is 0.394 e. The van der Waals surface area contributed by atoms with Crippen LogP contribution in [0.15, 0.2) is 24.5 Å². The van der Waals surface area contributed by atoms with Gasteiger partial charge in [0.1, 0.15) is 0 Å². The van der Waals surface area contributed by atoms with Crippen molar-refractivity contribution in [2.24, 2.45) is 0 Å². The average molecular weight is 208 g/mol. The zero-order chi connectivity index (χ0) is 11.1. The third-order valence-corrected chi connectivity index (χ3v) is 2.07. The number of amides is 1. The Bertz CT molecular complexity index is 301. The average Bonchev–Trinajstić information content (AvgIpc) is 2.27. The van der Waals surface area contributed by atoms with Gasteiger partial charge in [0, 0.05) is 24.9 Å². The topological polar surface area (TPSA) is 62.2 Å². The fourth-order valence-corrected chi connectivity index (χ4v) is 1.20. The summed E-state index contributed by atoms with van der Waals surface area (Å²) < 4.78 is 0. The predicted octanol–water partition coefficient (Wildman–Crippen LogP) is 0.511. The van der Waals surface area contributed by atoms with E-state index in [1.165, 1.54) is 0 Å². The molecule has 82 valence electrons. The zero-order valence-corrected chi connectivity index (χ0v) is 8.81. The number of carbonyl (C=O) groups excluding carboxylic acids is 1. The highest BCUT2D eigenvalue weighted by molar-refractivity contribution is 5.76. The molecular weight excluding hydrogens is 192 g/mol. The number of hydrogen-bond donors (Lipinski definition) is 2. The van der Waals surface area contributed by atoms with E-state index in [-0.39, 0.29) is 18.6 Å². The summed E-state index contributed by atoms with van der Waals surface area (Å²) >= 11 is 0. The molecule has 0 radical (unpaired) electrons. The molecule has 0 bridgehead atoms. The summed E-state index contributed by atoms with van der Waals surface area (Å²) in [6.45, 7) is 1.74. The summed E-state index contributed by atoms with van der Waals surface area (Å²) in [6.07, 6.45) is 4.56. The normalized spacial score (nSPS) is 12.1. The molecule has 4 nitrogen and oxygen atoms in total. The van der Waals surface area contributed by atoms with Gasteiger partial charge in [-0.3, -0.25) is 9.78 Å². The monoisotopic (exact) mass is 208 g/mol. The molecule has 0 aliphatic rings. The first-order valence-electron chi connectivity index (χ1n) is 5.01. The van der Waals surface area contributed by atoms with E-state index in [0.717, 1.165) is 5.56 Å². The van der Waals surface area contributed by atoms with E-state index in [0.29, 0.717) is 12.8 Å². The highest BCUT2D eigenvalue weighted by Gasteiger charge is 2.05. The van der Waals surface area contributed by atoms with Crippen molar-refractivity contribution in [3.8, 4) is 0 Å². The predicted molar refractivity (Wildman–Crippen MR) is 57.2 cm³/mol. The van der Waals surface area contributed by atoms with E-state index < -0.39 is 0 Å². The van der Waals surface area contributed by atoms with Crippen LogP contribution in [0.3, 0.4) is 0 Å². The molecule has 0 saturated heterocycles. The lowest BCUT2D eigenvalue weighted by Crippen LogP contribution is -2.35. The Morgan fingerprint density at radius 2 is 2.20 bits per heavy atom. The van der Waals surface area contributed by atoms with E-state index in [2.05, 4.69) is 10.3 Å². The molecule has 1 heterocycles. The summed E-state index contributed by atoms with van der Waals surface area (Å²) in [5.74, 6) is -0.0339. The van der Waals surface area contributed by atoms with Crippen molar-refractivity contribution in [1.29, 1.82) is 0 Å². The van der Waals surface area contributed by atoms with Gasteiger partial charge in [-0.25, -0.2) is 0 Å². The Hall–Kier alpha value is -1.42. The molecule has 0 aliphatic carbocycles. The van der Waals surface area contributed by atoms with Gasteiger partial charge in [-0.1, -0.05) is 0 Å². The quantitative estimate of drug-likeness (QED) is 0.741. The summed E-state index contributed by atoms with van der Waals surface area (Å²) in [6, 6.07) is 3.61. The van der Waals surface area contributed by atoms with Crippen LogP contribution in [0.5, 0.6) is 0 Å². The van der Waals surface area contributed by atoms with Gasteiger partial charge in [-0.15, -0.1) is 0 Å². The van der Waals surface area contributed by atoms with Crippen molar-refractivity contribution in [3.05, 3.63) is 30.1 Å². The van der Waals surface area contributed by atoms with Crippen LogP contribution in [-0.2, 0) is 11.2 Å². The first-order chi connectivity index (χ1) is 7.22. The molecular formula is C11H16N2O2. The van der Waals surface area contributed by atoms with Crippen molar-refractivity contribution in [2.75, 3.05) is 6.61 Å². The third-order valence-electron chi connectivity index (χ3n) is 2.07. The summed E-state index contributed by atoms with van der Waals surface area (Å²) in [4.78, 5) is 15.2. The lowest BCUT2D eigenvalue weighted by Gasteiger charge is -2.10. The van der Waals surface area contributed by atoms with Crippen LogP contribution in [0, 0.1) is 0 Å². The molecule has 15 heavy (non-hydrogen) atoms. The molecule has 1 aromatic heterocycles. The van der Waals surface area contributed by atoms with Crippen LogP contribution in [0.4, 0.5) is 0 Å². The van der Waals surface area contributed by atoms with Crippen molar-refractivity contribution < 1.29 is 9.90 Å². The molecule has 1 aromatic rings. The van der Waals surface area contributed by atoms with Gasteiger partial charge in [0.25, 0.3) is 0 Å². The number of pyridine rings is 1. The maximum atomic E-state index is 11.3. The summed E-state index contributed by atoms with van der Waals surface area (Å²) in [5, 5.41) is 11.4. The minimum atomic E-state index is -0.171. The minimum Gasteiger partial charge on any atom is -0.394 e. The number of rotatable bonds is 5. The van der Waals surface area contributed by atoms with E-state index in [9.17, 15) is 4.79 Å². The molecule has 1 atom stereocenters. The summed E-state index contributed by atoms with van der Waals surface area (Å²) in [5.41, 5.74) is 1.09. The standard InChI is InChI=1S/C11H16N2O2/c1-9(8-14)13-11(15)3-2-10-4-6-12-7-5-10/h4-7,9,14H,2-3,8H2,1H3,(H,13,15)/t9-/m0/s1. The highest BCUT2D eigenvalue weighted by Crippen LogP contribution is 2.00. The van der Waals surface area contributed by atoms with E-state index in [1.54, 1.807) is 19.3 Å². The molecule has 1 amide bonds. The van der Waals surface area contributed by atoms with Gasteiger partial charge < -0.3 is 10.4 Å². The number of aryl methyl sites for hydroxylation is 1. The highest BCUT2D eigenvalue weighted by atomic mass is 16.3. The minimum absolute atomic E-state index is 0.0268. The van der Waals surface area contributed by atoms with Crippen LogP contribution < -0.4 is 5.32 Å². The lowest BCUT2D eigenvalue weighted by atomic mass is 10.1. The van der Waals surface area contributed by atoms with E-state index >= 15 is 0 Å². The van der Waals surface area contributed by atoms with Gasteiger partial charge in [0.05, 0.1) is 6.61 Å². The molecule has 0 aromatic carbocycles. The number of nitrogens with one attached hydrogen (secondary N) is 1. The van der Waals surface area contributed by atoms with Crippen LogP contribution >= 0.6 is 0 Å². The Labute approximate surface area is 89.3 Å². The van der Waals surface area contributed by atoms with Crippen molar-refractivity contribution in [1.82, 2.24) is 10.3 Å². The smallest absolute Gasteiger partial charge is 0.220 e. The fraction of sp³-hybridized carbons (Fsp3) is 0.455. The number of nitrogens with zero attached hydrogens (tertiary/aromatic N) is 1. The van der Waals surface area contributed by atoms with Crippen molar-refractivity contribution >= 4 is 5.91 Å². The fourth-order valence-electron chi connectivity index (χ4n) is 1.20. The third kappa shape index (κ3) is 4.56. The SMILES string of the molecule is C[C@@H](CO)NC(=O)CCc1ccncc1. The molecule has 2 N–H and O–H groups in total. The first-order valence-corrected chi connectivity index (χ1v) is 5.01. The Balaban J connectivity index is 2.29. The molecule has 0 saturated carbocycles. The Kier molecular flexibility index (Phi) is 4.77. The van der Waals surface area contributed by atoms with Gasteiger partial charge in [0.15, 0.2) is 0 Å². The molecule has 0 aliphatic heterocycles. The number of carbonyl (C=O) groups is 1. The second kappa shape index (κ2) is 6.14. The maximum absolute atomic E-state index is 11.3. The van der Waals surface area contributed by atoms with Crippen molar-refractivity contribution in [2.45, 2.75) is 25.8 Å². The van der Waals surface area contributed by atoms with Crippen LogP contribution in [0.25, 0.3) is 0 Å². The first kappa shape index (κ1) is 11.7. The number of aliphatic hydroxyl groups excluding tert-OH is 1. The Morgan fingerprint density at radius 1 is 1.53 bits per heavy atom. The summed E-state index contributed by atoms with van der Waals surface area (Å²) in [7, 11) is 0. The Morgan fingerprint density at radius 3 is 2.80 bits per heavy atom. The lowest BCUT2D eigenvalue weighted by molar-refractivity contribution is -0.121. The van der Waals surface area contributed by atoms with Gasteiger partial charge in [0.2, 0.25) is 5.91 Å². The van der Waals surface area contributed by atoms with E-state index in [4.69, 9.17) is 5.11 Å². The van der Waals surface area contributed by atoms with Crippen molar-refractivity contribution in [3.63, 3.8) is 0 Å². The number of aliphatic hydroxyl groups is 1. The molecule has 1 rings (SSSR count). The van der Waals surface area contributed by atoms with Gasteiger partial charge in [-0.05, 0) is 31.0 Å². The van der Waals surface area contributed by atoms with Crippen LogP contribution in [0.1, 0.15) is 18.9 Å². The second-order valence-corrected chi connectivity index (χ2v) is 3.51. The number of hydrogen-bond acceptors (Lipinski definition) is 3. The zero-order valence-electron chi connectivity index (χ0n) is 8.81. The van der Waals surface area contributed by atoms with Gasteiger partial charge >= 0.3 is 0 Å². The second-order valence-electron chi connectivity index (χ2n) is 3.51. The van der Waals surface area contributed by atoms with Crippen LogP contribution in [-0.4, -0.2) is 28.6 Å². The molecule has 0 fully saturated rings. The van der Waals surface area contributed by atoms with E-state index in [1.807, 2.05) is 12.1 Å². The molecule has 4 heteroatoms. The maximum Gasteiger partial charge on any atom is 0.220 e. The molecule has 0 unspecified atom stereocenters. The number of aromatic nitrogens is 1. The van der Waals surface area contributed by atoms with Gasteiger partial charge in [-0.2, -0.15) is 0 Å². The van der Waals surface area contributed by atoms with Crippen LogP contribution in [0.2, 0.25) is 0 Å².